The van der Waals surface area contributed by atoms with Crippen LogP contribution in [0.25, 0.3) is 0 Å². The first-order valence-electron chi connectivity index (χ1n) is 6.10. The Hall–Kier alpha value is -1.66. The maximum atomic E-state index is 11.6. The van der Waals surface area contributed by atoms with Crippen LogP contribution < -0.4 is 10.2 Å². The van der Waals surface area contributed by atoms with E-state index in [0.717, 1.165) is 14.5 Å². The number of carbonyl (C=O) groups excluding carboxylic acids is 1. The molecule has 21 heavy (non-hydrogen) atoms. The molecule has 0 unspecified atom stereocenters. The van der Waals surface area contributed by atoms with Crippen molar-refractivity contribution in [2.24, 2.45) is 5.10 Å². The Kier molecular flexibility index (Phi) is 5.95. The molecule has 0 saturated carbocycles. The molecule has 4 nitrogen and oxygen atoms in total. The second-order valence-corrected chi connectivity index (χ2v) is 5.83. The number of rotatable bonds is 5. The molecule has 2 aromatic rings. The lowest BCUT2D eigenvalue weighted by Gasteiger charge is -2.04. The maximum Gasteiger partial charge on any atom is 0.277 e. The number of nitrogens with one attached hydrogen (secondary N) is 1. The summed E-state index contributed by atoms with van der Waals surface area (Å²) in [4.78, 5) is 11.6. The molecule has 6 heteroatoms. The summed E-state index contributed by atoms with van der Waals surface area (Å²) in [6.07, 6.45) is 1.57. The summed E-state index contributed by atoms with van der Waals surface area (Å²) >= 11 is 6.73. The van der Waals surface area contributed by atoms with Crippen molar-refractivity contribution in [1.29, 1.82) is 0 Å². The summed E-state index contributed by atoms with van der Waals surface area (Å²) < 4.78 is 7.20. The lowest BCUT2D eigenvalue weighted by atomic mass is 10.2. The van der Waals surface area contributed by atoms with Gasteiger partial charge in [-0.2, -0.15) is 5.10 Å². The number of halogens is 2. The average molecular weight is 412 g/mol. The standard InChI is InChI=1S/C15H12Br2N2O2/c16-12-5-7-13(8-6-12)21-10-15(20)19-18-9-11-3-1-2-4-14(11)17/h1-9H,10H2,(H,19,20)/b18-9-. The van der Waals surface area contributed by atoms with Crippen molar-refractivity contribution in [2.75, 3.05) is 6.61 Å². The van der Waals surface area contributed by atoms with Crippen LogP contribution >= 0.6 is 31.9 Å². The van der Waals surface area contributed by atoms with Gasteiger partial charge in [-0.25, -0.2) is 5.43 Å². The highest BCUT2D eigenvalue weighted by Crippen LogP contribution is 2.16. The molecule has 0 heterocycles. The molecule has 1 N–H and O–H groups in total. The maximum absolute atomic E-state index is 11.6. The molecule has 2 rings (SSSR count). The van der Waals surface area contributed by atoms with Crippen LogP contribution in [0.2, 0.25) is 0 Å². The van der Waals surface area contributed by atoms with Crippen LogP contribution in [0.3, 0.4) is 0 Å². The normalized spacial score (nSPS) is 10.6. The predicted octanol–water partition coefficient (Wildman–Crippen LogP) is 3.74. The highest BCUT2D eigenvalue weighted by Gasteiger charge is 2.01. The van der Waals surface area contributed by atoms with Crippen molar-refractivity contribution in [3.8, 4) is 5.75 Å². The third-order valence-corrected chi connectivity index (χ3v) is 3.73. The number of nitrogens with zero attached hydrogens (tertiary/aromatic N) is 1. The summed E-state index contributed by atoms with van der Waals surface area (Å²) in [5, 5.41) is 3.89. The van der Waals surface area contributed by atoms with E-state index in [-0.39, 0.29) is 12.5 Å². The van der Waals surface area contributed by atoms with E-state index in [9.17, 15) is 4.79 Å². The van der Waals surface area contributed by atoms with Gasteiger partial charge in [0.05, 0.1) is 6.21 Å². The summed E-state index contributed by atoms with van der Waals surface area (Å²) in [5.74, 6) is 0.310. The quantitative estimate of drug-likeness (QED) is 0.601. The predicted molar refractivity (Wildman–Crippen MR) is 89.5 cm³/mol. The number of benzene rings is 2. The summed E-state index contributed by atoms with van der Waals surface area (Å²) in [6, 6.07) is 14.8. The third kappa shape index (κ3) is 5.32. The number of hydrogen-bond acceptors (Lipinski definition) is 3. The van der Waals surface area contributed by atoms with Gasteiger partial charge in [0.25, 0.3) is 5.91 Å². The molecule has 2 aromatic carbocycles. The third-order valence-electron chi connectivity index (χ3n) is 2.48. The van der Waals surface area contributed by atoms with E-state index in [2.05, 4.69) is 42.4 Å². The van der Waals surface area contributed by atoms with Crippen molar-refractivity contribution in [3.05, 3.63) is 63.0 Å². The van der Waals surface area contributed by atoms with Crippen molar-refractivity contribution in [1.82, 2.24) is 5.43 Å². The number of hydrogen-bond donors (Lipinski definition) is 1. The SMILES string of the molecule is O=C(COc1ccc(Br)cc1)N/N=C\c1ccccc1Br. The minimum atomic E-state index is -0.318. The monoisotopic (exact) mass is 410 g/mol. The van der Waals surface area contributed by atoms with Crippen LogP contribution in [0.15, 0.2) is 62.6 Å². The average Bonchev–Trinajstić information content (AvgIpc) is 2.49. The molecule has 0 aromatic heterocycles. The fourth-order valence-corrected chi connectivity index (χ4v) is 2.12. The summed E-state index contributed by atoms with van der Waals surface area (Å²) in [7, 11) is 0. The number of hydrazone groups is 1. The molecular weight excluding hydrogens is 400 g/mol. The zero-order valence-electron chi connectivity index (χ0n) is 10.9. The van der Waals surface area contributed by atoms with Gasteiger partial charge in [0.2, 0.25) is 0 Å². The van der Waals surface area contributed by atoms with Crippen LogP contribution in [0, 0.1) is 0 Å². The molecule has 0 aliphatic heterocycles. The zero-order valence-corrected chi connectivity index (χ0v) is 14.1. The van der Waals surface area contributed by atoms with Gasteiger partial charge in [-0.05, 0) is 30.3 Å². The van der Waals surface area contributed by atoms with Gasteiger partial charge in [0, 0.05) is 14.5 Å². The smallest absolute Gasteiger partial charge is 0.277 e. The lowest BCUT2D eigenvalue weighted by molar-refractivity contribution is -0.123. The fraction of sp³-hybridized carbons (Fsp3) is 0.0667. The molecular formula is C15H12Br2N2O2. The van der Waals surface area contributed by atoms with E-state index < -0.39 is 0 Å². The first-order chi connectivity index (χ1) is 10.1. The van der Waals surface area contributed by atoms with Crippen molar-refractivity contribution in [3.63, 3.8) is 0 Å². The second kappa shape index (κ2) is 7.95. The largest absolute Gasteiger partial charge is 0.484 e. The van der Waals surface area contributed by atoms with Crippen LogP contribution in [0.1, 0.15) is 5.56 Å². The highest BCUT2D eigenvalue weighted by atomic mass is 79.9. The summed E-state index contributed by atoms with van der Waals surface area (Å²) in [6.45, 7) is -0.0884. The number of amides is 1. The van der Waals surface area contributed by atoms with Gasteiger partial charge < -0.3 is 4.74 Å². The Labute approximate surface area is 139 Å². The van der Waals surface area contributed by atoms with E-state index in [0.29, 0.717) is 5.75 Å². The Morgan fingerprint density at radius 1 is 1.14 bits per heavy atom. The molecule has 0 radical (unpaired) electrons. The van der Waals surface area contributed by atoms with E-state index in [1.165, 1.54) is 0 Å². The van der Waals surface area contributed by atoms with Crippen LogP contribution in [-0.2, 0) is 4.79 Å². The van der Waals surface area contributed by atoms with Crippen LogP contribution in [0.5, 0.6) is 5.75 Å². The molecule has 0 fully saturated rings. The lowest BCUT2D eigenvalue weighted by Crippen LogP contribution is -2.24. The van der Waals surface area contributed by atoms with Crippen molar-refractivity contribution >= 4 is 44.0 Å². The molecule has 108 valence electrons. The topological polar surface area (TPSA) is 50.7 Å². The number of carbonyl (C=O) groups is 1. The Morgan fingerprint density at radius 3 is 2.57 bits per heavy atom. The molecule has 0 atom stereocenters. The van der Waals surface area contributed by atoms with Crippen LogP contribution in [0.4, 0.5) is 0 Å². The Balaban J connectivity index is 1.80. The molecule has 0 spiro atoms. The molecule has 0 saturated heterocycles. The fourth-order valence-electron chi connectivity index (χ4n) is 1.47. The Morgan fingerprint density at radius 2 is 1.86 bits per heavy atom. The minimum absolute atomic E-state index is 0.0884. The van der Waals surface area contributed by atoms with Gasteiger partial charge in [0.15, 0.2) is 6.61 Å². The Bertz CT molecular complexity index is 642. The van der Waals surface area contributed by atoms with Crippen molar-refractivity contribution < 1.29 is 9.53 Å². The second-order valence-electron chi connectivity index (χ2n) is 4.06. The van der Waals surface area contributed by atoms with E-state index in [1.807, 2.05) is 36.4 Å². The van der Waals surface area contributed by atoms with Crippen LogP contribution in [-0.4, -0.2) is 18.7 Å². The highest BCUT2D eigenvalue weighted by molar-refractivity contribution is 9.10. The summed E-state index contributed by atoms with van der Waals surface area (Å²) in [5.41, 5.74) is 3.30. The zero-order chi connectivity index (χ0) is 15.1. The van der Waals surface area contributed by atoms with E-state index in [1.54, 1.807) is 18.3 Å². The van der Waals surface area contributed by atoms with Gasteiger partial charge in [-0.1, -0.05) is 50.1 Å². The molecule has 0 aliphatic rings. The van der Waals surface area contributed by atoms with Gasteiger partial charge in [-0.15, -0.1) is 0 Å². The van der Waals surface area contributed by atoms with Gasteiger partial charge >= 0.3 is 0 Å². The van der Waals surface area contributed by atoms with Crippen molar-refractivity contribution in [2.45, 2.75) is 0 Å². The molecule has 0 aliphatic carbocycles. The minimum Gasteiger partial charge on any atom is -0.484 e. The van der Waals surface area contributed by atoms with Gasteiger partial charge in [0.1, 0.15) is 5.75 Å². The van der Waals surface area contributed by atoms with Gasteiger partial charge in [-0.3, -0.25) is 4.79 Å². The van der Waals surface area contributed by atoms with E-state index >= 15 is 0 Å². The molecule has 1 amide bonds. The molecule has 0 bridgehead atoms. The number of ether oxygens (including phenoxy) is 1. The first-order valence-corrected chi connectivity index (χ1v) is 7.68. The van der Waals surface area contributed by atoms with E-state index in [4.69, 9.17) is 4.74 Å². The first kappa shape index (κ1) is 15.7.